The van der Waals surface area contributed by atoms with E-state index in [1.165, 1.54) is 6.07 Å². The molecular weight excluding hydrogens is 338 g/mol. The number of nitrogens with zero attached hydrogens (tertiary/aromatic N) is 1. The van der Waals surface area contributed by atoms with Crippen molar-refractivity contribution in [2.24, 2.45) is 0 Å². The van der Waals surface area contributed by atoms with Gasteiger partial charge in [0.15, 0.2) is 0 Å². The summed E-state index contributed by atoms with van der Waals surface area (Å²) in [6, 6.07) is 2.85. The summed E-state index contributed by atoms with van der Waals surface area (Å²) in [5, 5.41) is 20.2. The number of benzene rings is 1. The maximum Gasteiger partial charge on any atom is 0.336 e. The van der Waals surface area contributed by atoms with E-state index >= 15 is 0 Å². The molecule has 0 saturated carbocycles. The fraction of sp³-hybridized carbons (Fsp3) is 0.267. The summed E-state index contributed by atoms with van der Waals surface area (Å²) >= 11 is 3.27. The standard InChI is InChI=1S/C15H14BrNO4/c1-3-4-17(2)7-11-14(20)12(16)6-10-9(8-18)5-13(19)21-15(10)11/h1,5-6,18,20H,4,7-8H2,2H3. The Bertz CT molecular complexity index is 776. The van der Waals surface area contributed by atoms with Crippen molar-refractivity contribution in [2.45, 2.75) is 13.2 Å². The second kappa shape index (κ2) is 6.31. The minimum Gasteiger partial charge on any atom is -0.506 e. The minimum atomic E-state index is -0.575. The van der Waals surface area contributed by atoms with Crippen LogP contribution in [0.1, 0.15) is 11.1 Å². The molecule has 21 heavy (non-hydrogen) atoms. The van der Waals surface area contributed by atoms with Gasteiger partial charge in [-0.2, -0.15) is 0 Å². The molecule has 0 radical (unpaired) electrons. The van der Waals surface area contributed by atoms with Crippen LogP contribution in [0, 0.1) is 12.3 Å². The zero-order valence-corrected chi connectivity index (χ0v) is 13.0. The third-order valence-corrected chi connectivity index (χ3v) is 3.71. The first-order chi connectivity index (χ1) is 9.97. The van der Waals surface area contributed by atoms with Crippen molar-refractivity contribution in [1.82, 2.24) is 4.90 Å². The van der Waals surface area contributed by atoms with E-state index in [0.29, 0.717) is 34.1 Å². The van der Waals surface area contributed by atoms with Crippen molar-refractivity contribution in [3.63, 3.8) is 0 Å². The summed E-state index contributed by atoms with van der Waals surface area (Å²) < 4.78 is 5.69. The Kier molecular flexibility index (Phi) is 4.68. The molecule has 0 bridgehead atoms. The third-order valence-electron chi connectivity index (χ3n) is 3.10. The van der Waals surface area contributed by atoms with E-state index in [0.717, 1.165) is 0 Å². The number of aliphatic hydroxyl groups is 1. The molecule has 0 aliphatic heterocycles. The van der Waals surface area contributed by atoms with Crippen LogP contribution in [0.3, 0.4) is 0 Å². The summed E-state index contributed by atoms with van der Waals surface area (Å²) in [6.45, 7) is 0.403. The van der Waals surface area contributed by atoms with Crippen LogP contribution >= 0.6 is 15.9 Å². The third kappa shape index (κ3) is 3.10. The molecule has 2 aromatic rings. The van der Waals surface area contributed by atoms with Crippen molar-refractivity contribution in [3.8, 4) is 18.1 Å². The van der Waals surface area contributed by atoms with Gasteiger partial charge in [-0.1, -0.05) is 5.92 Å². The first-order valence-electron chi connectivity index (χ1n) is 6.17. The minimum absolute atomic E-state index is 0.00962. The molecule has 1 heterocycles. The van der Waals surface area contributed by atoms with Gasteiger partial charge in [-0.15, -0.1) is 6.42 Å². The highest BCUT2D eigenvalue weighted by Gasteiger charge is 2.17. The molecule has 0 fully saturated rings. The summed E-state index contributed by atoms with van der Waals surface area (Å²) in [4.78, 5) is 13.4. The van der Waals surface area contributed by atoms with Gasteiger partial charge in [0.25, 0.3) is 0 Å². The number of fused-ring (bicyclic) bond motifs is 1. The van der Waals surface area contributed by atoms with Crippen LogP contribution < -0.4 is 5.63 Å². The molecule has 1 aromatic heterocycles. The van der Waals surface area contributed by atoms with Gasteiger partial charge in [0.1, 0.15) is 11.3 Å². The van der Waals surface area contributed by atoms with Gasteiger partial charge in [0.2, 0.25) is 0 Å². The smallest absolute Gasteiger partial charge is 0.336 e. The Morgan fingerprint density at radius 2 is 2.19 bits per heavy atom. The van der Waals surface area contributed by atoms with E-state index < -0.39 is 5.63 Å². The predicted molar refractivity (Wildman–Crippen MR) is 82.9 cm³/mol. The first kappa shape index (κ1) is 15.6. The SMILES string of the molecule is C#CCN(C)Cc1c(O)c(Br)cc2c(CO)cc(=O)oc12. The lowest BCUT2D eigenvalue weighted by Gasteiger charge is -2.17. The van der Waals surface area contributed by atoms with E-state index in [2.05, 4.69) is 21.9 Å². The van der Waals surface area contributed by atoms with Crippen LogP contribution in [0.25, 0.3) is 11.0 Å². The molecule has 0 spiro atoms. The molecule has 0 atom stereocenters. The average molecular weight is 352 g/mol. The maximum absolute atomic E-state index is 11.6. The largest absolute Gasteiger partial charge is 0.506 e. The first-order valence-corrected chi connectivity index (χ1v) is 6.97. The molecule has 0 amide bonds. The predicted octanol–water partition coefficient (Wildman–Crippen LogP) is 1.82. The lowest BCUT2D eigenvalue weighted by molar-refractivity contribution is 0.282. The fourth-order valence-corrected chi connectivity index (χ4v) is 2.61. The number of halogens is 1. The molecule has 5 nitrogen and oxygen atoms in total. The molecule has 0 aliphatic carbocycles. The van der Waals surface area contributed by atoms with Crippen molar-refractivity contribution >= 4 is 26.9 Å². The second-order valence-corrected chi connectivity index (χ2v) is 5.54. The van der Waals surface area contributed by atoms with Crippen LogP contribution in [0.2, 0.25) is 0 Å². The normalized spacial score (nSPS) is 11.0. The van der Waals surface area contributed by atoms with Crippen LogP contribution in [-0.4, -0.2) is 28.7 Å². The molecule has 0 aliphatic rings. The second-order valence-electron chi connectivity index (χ2n) is 4.69. The highest BCUT2D eigenvalue weighted by Crippen LogP contribution is 2.36. The fourth-order valence-electron chi connectivity index (χ4n) is 2.14. The highest BCUT2D eigenvalue weighted by molar-refractivity contribution is 9.10. The summed E-state index contributed by atoms with van der Waals surface area (Å²) in [7, 11) is 1.79. The van der Waals surface area contributed by atoms with Crippen LogP contribution in [0.5, 0.6) is 5.75 Å². The van der Waals surface area contributed by atoms with Gasteiger partial charge in [0, 0.05) is 18.0 Å². The van der Waals surface area contributed by atoms with Crippen LogP contribution in [0.15, 0.2) is 25.8 Å². The van der Waals surface area contributed by atoms with Crippen molar-refractivity contribution in [2.75, 3.05) is 13.6 Å². The number of hydrogen-bond donors (Lipinski definition) is 2. The Morgan fingerprint density at radius 1 is 1.48 bits per heavy atom. The van der Waals surface area contributed by atoms with Gasteiger partial charge >= 0.3 is 5.63 Å². The summed E-state index contributed by atoms with van der Waals surface area (Å²) in [5.41, 5.74) is 0.581. The van der Waals surface area contributed by atoms with Crippen molar-refractivity contribution in [3.05, 3.63) is 38.2 Å². The van der Waals surface area contributed by atoms with Gasteiger partial charge < -0.3 is 14.6 Å². The zero-order valence-electron chi connectivity index (χ0n) is 11.4. The molecule has 6 heteroatoms. The monoisotopic (exact) mass is 351 g/mol. The Labute approximate surface area is 129 Å². The number of aliphatic hydroxyl groups excluding tert-OH is 1. The Hall–Kier alpha value is -1.81. The lowest BCUT2D eigenvalue weighted by atomic mass is 10.1. The van der Waals surface area contributed by atoms with Gasteiger partial charge in [0.05, 0.1) is 23.2 Å². The zero-order chi connectivity index (χ0) is 15.6. The van der Waals surface area contributed by atoms with Gasteiger partial charge in [-0.3, -0.25) is 4.90 Å². The quantitative estimate of drug-likeness (QED) is 0.649. The Morgan fingerprint density at radius 3 is 2.81 bits per heavy atom. The van der Waals surface area contributed by atoms with E-state index in [-0.39, 0.29) is 17.9 Å². The molecule has 2 rings (SSSR count). The topological polar surface area (TPSA) is 73.9 Å². The number of rotatable bonds is 4. The molecular formula is C15H14BrNO4. The van der Waals surface area contributed by atoms with E-state index in [9.17, 15) is 15.0 Å². The van der Waals surface area contributed by atoms with E-state index in [4.69, 9.17) is 10.8 Å². The molecule has 0 saturated heterocycles. The number of phenolic OH excluding ortho intramolecular Hbond substituents is 1. The molecule has 2 N–H and O–H groups in total. The van der Waals surface area contributed by atoms with Gasteiger partial charge in [-0.25, -0.2) is 4.79 Å². The summed E-state index contributed by atoms with van der Waals surface area (Å²) in [5.74, 6) is 2.49. The number of terminal acetylenes is 1. The number of aromatic hydroxyl groups is 1. The number of phenols is 1. The lowest BCUT2D eigenvalue weighted by Crippen LogP contribution is -2.18. The molecule has 110 valence electrons. The van der Waals surface area contributed by atoms with Crippen molar-refractivity contribution < 1.29 is 14.6 Å². The van der Waals surface area contributed by atoms with E-state index in [1.807, 2.05) is 0 Å². The van der Waals surface area contributed by atoms with Crippen molar-refractivity contribution in [1.29, 1.82) is 0 Å². The van der Waals surface area contributed by atoms with E-state index in [1.54, 1.807) is 18.0 Å². The molecule has 0 unspecified atom stereocenters. The maximum atomic E-state index is 11.6. The van der Waals surface area contributed by atoms with Crippen LogP contribution in [0.4, 0.5) is 0 Å². The number of hydrogen-bond acceptors (Lipinski definition) is 5. The Balaban J connectivity index is 2.72. The average Bonchev–Trinajstić information content (AvgIpc) is 2.44. The summed E-state index contributed by atoms with van der Waals surface area (Å²) in [6.07, 6.45) is 5.26. The highest BCUT2D eigenvalue weighted by atomic mass is 79.9. The van der Waals surface area contributed by atoms with Gasteiger partial charge in [-0.05, 0) is 34.6 Å². The molecule has 1 aromatic carbocycles. The van der Waals surface area contributed by atoms with Crippen LogP contribution in [-0.2, 0) is 13.2 Å².